The highest BCUT2D eigenvalue weighted by Crippen LogP contribution is 2.10. The third kappa shape index (κ3) is 19.6. The first-order chi connectivity index (χ1) is 16.3. The standard InChI is InChI=1S/C18H31N3O12S/c1-2-3-4-9-29-16(22)15(19-17(23)30-10-5-7-12-32-20(25)26)14-34-18(24)31-11-6-8-13-33-21(27)28/h15H,2-14H2,1H3,(H,19,23). The zero-order chi connectivity index (χ0) is 25.6. The van der Waals surface area contributed by atoms with Gasteiger partial charge in [-0.1, -0.05) is 19.8 Å². The Kier molecular flexibility index (Phi) is 18.7. The van der Waals surface area contributed by atoms with E-state index < -0.39 is 33.6 Å². The number of rotatable bonds is 20. The molecule has 1 unspecified atom stereocenters. The molecule has 0 aromatic heterocycles. The second-order valence-corrected chi connectivity index (χ2v) is 7.60. The monoisotopic (exact) mass is 513 g/mol. The van der Waals surface area contributed by atoms with Gasteiger partial charge in [-0.15, -0.1) is 20.2 Å². The maximum atomic E-state index is 12.3. The minimum absolute atomic E-state index is 0.00860. The van der Waals surface area contributed by atoms with Crippen molar-refractivity contribution < 1.29 is 48.4 Å². The molecule has 0 rings (SSSR count). The van der Waals surface area contributed by atoms with E-state index >= 15 is 0 Å². The van der Waals surface area contributed by atoms with Crippen LogP contribution in [0.4, 0.5) is 9.59 Å². The van der Waals surface area contributed by atoms with Crippen LogP contribution in [0.3, 0.4) is 0 Å². The van der Waals surface area contributed by atoms with Crippen molar-refractivity contribution in [2.45, 2.75) is 57.9 Å². The van der Waals surface area contributed by atoms with Crippen LogP contribution in [0.15, 0.2) is 0 Å². The summed E-state index contributed by atoms with van der Waals surface area (Å²) in [6.07, 6.45) is 2.79. The average Bonchev–Trinajstić information content (AvgIpc) is 2.78. The van der Waals surface area contributed by atoms with E-state index in [0.717, 1.165) is 12.8 Å². The second-order valence-electron chi connectivity index (χ2n) is 6.64. The van der Waals surface area contributed by atoms with Gasteiger partial charge in [-0.05, 0) is 43.9 Å². The number of hydrogen-bond donors (Lipinski definition) is 1. The quantitative estimate of drug-likeness (QED) is 0.0820. The van der Waals surface area contributed by atoms with Crippen molar-refractivity contribution in [3.05, 3.63) is 20.2 Å². The van der Waals surface area contributed by atoms with Gasteiger partial charge < -0.3 is 29.2 Å². The van der Waals surface area contributed by atoms with Gasteiger partial charge in [0.25, 0.3) is 10.2 Å². The maximum Gasteiger partial charge on any atom is 0.407 e. The molecule has 0 heterocycles. The van der Waals surface area contributed by atoms with Crippen LogP contribution in [-0.4, -0.2) is 72.4 Å². The maximum absolute atomic E-state index is 12.3. The highest BCUT2D eigenvalue weighted by Gasteiger charge is 2.25. The molecule has 0 fully saturated rings. The lowest BCUT2D eigenvalue weighted by molar-refractivity contribution is -0.757. The van der Waals surface area contributed by atoms with E-state index in [1.54, 1.807) is 0 Å². The summed E-state index contributed by atoms with van der Waals surface area (Å²) >= 11 is 0.653. The van der Waals surface area contributed by atoms with E-state index in [-0.39, 0.29) is 45.2 Å². The SMILES string of the molecule is CCCCCOC(=O)C(CSC(=O)OCCCCO[N+](=O)[O-])NC(=O)OCCCCO[N+](=O)[O-]. The summed E-state index contributed by atoms with van der Waals surface area (Å²) in [6, 6.07) is -1.17. The first-order valence-corrected chi connectivity index (χ1v) is 11.7. The van der Waals surface area contributed by atoms with Gasteiger partial charge >= 0.3 is 17.4 Å². The van der Waals surface area contributed by atoms with Gasteiger partial charge in [-0.25, -0.2) is 14.4 Å². The summed E-state index contributed by atoms with van der Waals surface area (Å²) in [5, 5.41) is 19.9. The third-order valence-corrected chi connectivity index (χ3v) is 4.71. The van der Waals surface area contributed by atoms with Crippen LogP contribution in [0, 0.1) is 20.2 Å². The molecule has 0 aliphatic rings. The number of thioether (sulfide) groups is 1. The highest BCUT2D eigenvalue weighted by molar-refractivity contribution is 8.13. The van der Waals surface area contributed by atoms with E-state index in [1.807, 2.05) is 6.92 Å². The molecule has 1 N–H and O–H groups in total. The van der Waals surface area contributed by atoms with Crippen LogP contribution in [0.2, 0.25) is 0 Å². The Bertz CT molecular complexity index is 637. The summed E-state index contributed by atoms with van der Waals surface area (Å²) in [6.45, 7) is 1.86. The number of ether oxygens (including phenoxy) is 3. The minimum atomic E-state index is -1.17. The number of nitrogens with zero attached hydrogens (tertiary/aromatic N) is 2. The predicted molar refractivity (Wildman–Crippen MR) is 117 cm³/mol. The van der Waals surface area contributed by atoms with E-state index in [4.69, 9.17) is 14.2 Å². The topological polar surface area (TPSA) is 196 Å². The highest BCUT2D eigenvalue weighted by atomic mass is 32.2. The molecule has 1 amide bonds. The first kappa shape index (κ1) is 31.0. The van der Waals surface area contributed by atoms with Crippen molar-refractivity contribution >= 4 is 29.1 Å². The van der Waals surface area contributed by atoms with Gasteiger partial charge in [-0.3, -0.25) is 0 Å². The molecule has 0 aromatic rings. The Hall–Kier alpha value is -3.04. The molecule has 15 nitrogen and oxygen atoms in total. The van der Waals surface area contributed by atoms with E-state index in [2.05, 4.69) is 15.0 Å². The lowest BCUT2D eigenvalue weighted by Crippen LogP contribution is -2.44. The zero-order valence-corrected chi connectivity index (χ0v) is 19.8. The van der Waals surface area contributed by atoms with Crippen molar-refractivity contribution in [3.8, 4) is 0 Å². The predicted octanol–water partition coefficient (Wildman–Crippen LogP) is 2.66. The molecule has 0 aromatic carbocycles. The molecular formula is C18H31N3O12S. The lowest BCUT2D eigenvalue weighted by atomic mass is 10.3. The fraction of sp³-hybridized carbons (Fsp3) is 0.833. The molecule has 0 aliphatic heterocycles. The van der Waals surface area contributed by atoms with E-state index in [9.17, 15) is 34.6 Å². The molecule has 16 heteroatoms. The Morgan fingerprint density at radius 1 is 0.794 bits per heavy atom. The van der Waals surface area contributed by atoms with Crippen LogP contribution < -0.4 is 5.32 Å². The van der Waals surface area contributed by atoms with Gasteiger partial charge in [0.05, 0.1) is 33.0 Å². The Morgan fingerprint density at radius 2 is 1.29 bits per heavy atom. The van der Waals surface area contributed by atoms with Crippen molar-refractivity contribution in [1.29, 1.82) is 0 Å². The van der Waals surface area contributed by atoms with Crippen molar-refractivity contribution in [1.82, 2.24) is 5.32 Å². The summed E-state index contributed by atoms with van der Waals surface area (Å²) < 4.78 is 15.0. The van der Waals surface area contributed by atoms with Gasteiger partial charge in [0.1, 0.15) is 6.04 Å². The van der Waals surface area contributed by atoms with Gasteiger partial charge in [0, 0.05) is 5.75 Å². The van der Waals surface area contributed by atoms with Crippen molar-refractivity contribution in [2.24, 2.45) is 0 Å². The smallest absolute Gasteiger partial charge is 0.407 e. The van der Waals surface area contributed by atoms with Crippen LogP contribution in [0.1, 0.15) is 51.9 Å². The van der Waals surface area contributed by atoms with Crippen LogP contribution in [0.25, 0.3) is 0 Å². The molecule has 0 aliphatic carbocycles. The number of nitrogens with one attached hydrogen (secondary N) is 1. The van der Waals surface area contributed by atoms with Gasteiger partial charge in [0.2, 0.25) is 0 Å². The Balaban J connectivity index is 4.40. The first-order valence-electron chi connectivity index (χ1n) is 10.7. The third-order valence-electron chi connectivity index (χ3n) is 3.86. The Labute approximate surface area is 200 Å². The molecule has 0 spiro atoms. The van der Waals surface area contributed by atoms with E-state index in [0.29, 0.717) is 37.4 Å². The molecule has 0 saturated heterocycles. The number of carbonyl (C=O) groups is 3. The number of alkyl carbamates (subject to hydrolysis) is 1. The van der Waals surface area contributed by atoms with Crippen LogP contribution in [-0.2, 0) is 28.7 Å². The fourth-order valence-electron chi connectivity index (χ4n) is 2.18. The molecule has 1 atom stereocenters. The number of carbonyl (C=O) groups excluding carboxylic acids is 3. The summed E-state index contributed by atoms with van der Waals surface area (Å²) in [5.41, 5.74) is 0. The number of amides is 1. The molecular weight excluding hydrogens is 482 g/mol. The molecule has 0 bridgehead atoms. The second kappa shape index (κ2) is 20.6. The molecule has 0 radical (unpaired) electrons. The zero-order valence-electron chi connectivity index (χ0n) is 19.0. The van der Waals surface area contributed by atoms with Crippen LogP contribution in [0.5, 0.6) is 0 Å². The summed E-state index contributed by atoms with van der Waals surface area (Å²) in [4.78, 5) is 64.5. The molecule has 34 heavy (non-hydrogen) atoms. The summed E-state index contributed by atoms with van der Waals surface area (Å²) in [5.74, 6) is -0.897. The van der Waals surface area contributed by atoms with E-state index in [1.165, 1.54) is 0 Å². The van der Waals surface area contributed by atoms with Crippen molar-refractivity contribution in [3.63, 3.8) is 0 Å². The number of esters is 1. The normalized spacial score (nSPS) is 11.1. The molecule has 0 saturated carbocycles. The summed E-state index contributed by atoms with van der Waals surface area (Å²) in [7, 11) is 0. The Morgan fingerprint density at radius 3 is 1.85 bits per heavy atom. The lowest BCUT2D eigenvalue weighted by Gasteiger charge is -2.17. The number of unbranched alkanes of at least 4 members (excludes halogenated alkanes) is 4. The van der Waals surface area contributed by atoms with Crippen LogP contribution >= 0.6 is 11.8 Å². The average molecular weight is 514 g/mol. The van der Waals surface area contributed by atoms with Crippen molar-refractivity contribution in [2.75, 3.05) is 38.8 Å². The molecule has 196 valence electrons. The largest absolute Gasteiger partial charge is 0.464 e. The van der Waals surface area contributed by atoms with Gasteiger partial charge in [0.15, 0.2) is 0 Å². The minimum Gasteiger partial charge on any atom is -0.464 e. The van der Waals surface area contributed by atoms with Gasteiger partial charge in [-0.2, -0.15) is 0 Å². The number of hydrogen-bond acceptors (Lipinski definition) is 13. The fourth-order valence-corrected chi connectivity index (χ4v) is 2.87.